The summed E-state index contributed by atoms with van der Waals surface area (Å²) in [6.45, 7) is 0. The van der Waals surface area contributed by atoms with Gasteiger partial charge in [-0.2, -0.15) is 0 Å². The molecule has 0 fully saturated rings. The fourth-order valence-corrected chi connectivity index (χ4v) is 2.92. The number of nitrogens with zero attached hydrogens (tertiary/aromatic N) is 7. The maximum absolute atomic E-state index is 11.7. The second kappa shape index (κ2) is 16.6. The number of hydrogen-bond donors (Lipinski definition) is 0. The van der Waals surface area contributed by atoms with E-state index < -0.39 is 17.9 Å². The van der Waals surface area contributed by atoms with Crippen LogP contribution in [-0.4, -0.2) is 51.5 Å². The molecule has 42 heavy (non-hydrogen) atoms. The van der Waals surface area contributed by atoms with Gasteiger partial charge >= 0.3 is 23.1 Å². The monoisotopic (exact) mass is 612 g/mol. The zero-order valence-electron chi connectivity index (χ0n) is 22.3. The zero-order chi connectivity index (χ0) is 30.5. The summed E-state index contributed by atoms with van der Waals surface area (Å²) in [7, 11) is 4.77. The van der Waals surface area contributed by atoms with E-state index in [1.54, 1.807) is 55.1 Å². The molecule has 5 aromatic rings. The van der Waals surface area contributed by atoms with Gasteiger partial charge in [0.25, 0.3) is 5.56 Å². The molecule has 0 aliphatic carbocycles. The number of carboxylic acids is 3. The van der Waals surface area contributed by atoms with Gasteiger partial charge in [-0.05, 0) is 36.4 Å². The van der Waals surface area contributed by atoms with Crippen LogP contribution < -0.4 is 26.6 Å². The zero-order valence-corrected chi connectivity index (χ0v) is 23.6. The van der Waals surface area contributed by atoms with Gasteiger partial charge in [0.2, 0.25) is 0 Å². The fourth-order valence-electron chi connectivity index (χ4n) is 2.92. The number of hydrogen-bond acceptors (Lipinski definition) is 12. The summed E-state index contributed by atoms with van der Waals surface area (Å²) in [5, 5.41) is 30.1. The van der Waals surface area contributed by atoms with Gasteiger partial charge in [0.1, 0.15) is 0 Å². The van der Waals surface area contributed by atoms with Crippen LogP contribution in [0, 0.1) is 0 Å². The first-order valence-electron chi connectivity index (χ1n) is 11.4. The number of carbonyl (C=O) groups is 3. The normalized spacial score (nSPS) is 9.40. The summed E-state index contributed by atoms with van der Waals surface area (Å²) in [6.07, 6.45) is 5.74. The number of carboxylic acid groups (broad SMARTS) is 3. The molecular weight excluding hydrogens is 590 g/mol. The SMILES string of the molecule is Cn1c(=O)c2c(ncn2C)n(C)c1=O.O=C([O-])c1ccccn1.O=C([O-])c1ccccn1.O=C([O-])c1ccccn1.[Cr+3]. The molecule has 0 N–H and O–H groups in total. The van der Waals surface area contributed by atoms with Crippen molar-refractivity contribution in [2.45, 2.75) is 0 Å². The van der Waals surface area contributed by atoms with Gasteiger partial charge in [-0.25, -0.2) is 9.78 Å². The molecule has 0 saturated carbocycles. The molecule has 0 aliphatic heterocycles. The number of carbonyl (C=O) groups excluding carboxylic acids is 3. The summed E-state index contributed by atoms with van der Waals surface area (Å²) < 4.78 is 4.04. The van der Waals surface area contributed by atoms with Crippen LogP contribution in [0.3, 0.4) is 0 Å². The Labute approximate surface area is 248 Å². The number of pyridine rings is 3. The minimum absolute atomic E-state index is 0. The van der Waals surface area contributed by atoms with Crippen molar-refractivity contribution in [1.82, 2.24) is 33.6 Å². The predicted molar refractivity (Wildman–Crippen MR) is 137 cm³/mol. The molecular formula is C26H22CrN7O8. The number of aromatic carboxylic acids is 3. The van der Waals surface area contributed by atoms with E-state index in [1.807, 2.05) is 0 Å². The van der Waals surface area contributed by atoms with Gasteiger partial charge < -0.3 is 34.3 Å². The Hall–Kier alpha value is -5.46. The second-order valence-corrected chi connectivity index (χ2v) is 7.74. The number of aryl methyl sites for hydroxylation is 2. The maximum Gasteiger partial charge on any atom is 3.00 e. The predicted octanol–water partition coefficient (Wildman–Crippen LogP) is -2.70. The summed E-state index contributed by atoms with van der Waals surface area (Å²) in [5.41, 5.74) is 0.0898. The van der Waals surface area contributed by atoms with Crippen molar-refractivity contribution in [1.29, 1.82) is 0 Å². The summed E-state index contributed by atoms with van der Waals surface area (Å²) >= 11 is 0. The van der Waals surface area contributed by atoms with Crippen LogP contribution in [0.5, 0.6) is 0 Å². The minimum Gasteiger partial charge on any atom is -0.543 e. The number of rotatable bonds is 3. The molecule has 0 unspecified atom stereocenters. The van der Waals surface area contributed by atoms with Gasteiger partial charge in [-0.15, -0.1) is 0 Å². The molecule has 215 valence electrons. The van der Waals surface area contributed by atoms with E-state index in [-0.39, 0.29) is 45.7 Å². The van der Waals surface area contributed by atoms with Gasteiger partial charge in [0.05, 0.1) is 41.3 Å². The summed E-state index contributed by atoms with van der Waals surface area (Å²) in [5.74, 6) is -3.72. The van der Waals surface area contributed by atoms with Crippen molar-refractivity contribution < 1.29 is 47.1 Å². The Kier molecular flexibility index (Phi) is 13.7. The molecule has 1 radical (unpaired) electrons. The third-order valence-corrected chi connectivity index (χ3v) is 4.94. The quantitative estimate of drug-likeness (QED) is 0.203. The molecule has 0 spiro atoms. The minimum atomic E-state index is -1.24. The first-order valence-corrected chi connectivity index (χ1v) is 11.4. The van der Waals surface area contributed by atoms with Crippen molar-refractivity contribution in [3.63, 3.8) is 0 Å². The average molecular weight is 612 g/mol. The molecule has 15 nitrogen and oxygen atoms in total. The van der Waals surface area contributed by atoms with Gasteiger partial charge in [-0.3, -0.25) is 28.9 Å². The third-order valence-electron chi connectivity index (χ3n) is 4.94. The van der Waals surface area contributed by atoms with Crippen LogP contribution in [0.4, 0.5) is 0 Å². The Morgan fingerprint density at radius 2 is 1.00 bits per heavy atom. The van der Waals surface area contributed by atoms with Gasteiger partial charge in [0, 0.05) is 39.7 Å². The van der Waals surface area contributed by atoms with Crippen LogP contribution in [0.1, 0.15) is 31.5 Å². The Morgan fingerprint density at radius 3 is 1.29 bits per heavy atom. The van der Waals surface area contributed by atoms with Gasteiger partial charge in [-0.1, -0.05) is 18.2 Å². The van der Waals surface area contributed by atoms with Crippen molar-refractivity contribution in [2.75, 3.05) is 0 Å². The van der Waals surface area contributed by atoms with Crippen molar-refractivity contribution in [2.24, 2.45) is 21.1 Å². The Balaban J connectivity index is 0.000000284. The molecule has 0 aliphatic rings. The average Bonchev–Trinajstić information content (AvgIpc) is 3.38. The summed E-state index contributed by atoms with van der Waals surface area (Å²) in [6, 6.07) is 13.9. The number of fused-ring (bicyclic) bond motifs is 1. The third kappa shape index (κ3) is 9.63. The first-order chi connectivity index (χ1) is 19.5. The van der Waals surface area contributed by atoms with Crippen molar-refractivity contribution in [3.05, 3.63) is 117 Å². The standard InChI is InChI=1S/C8H10N4O2.3C6H5NO2.Cr/c1-10-4-9-6-5(10)7(13)12(3)8(14)11(6)2;3*8-6(9)5-3-1-2-4-7-5;/h4H,1-3H3;3*1-4H,(H,8,9);/q;;;;+3/p-3. The first kappa shape index (κ1) is 34.6. The number of imidazole rings is 1. The van der Waals surface area contributed by atoms with Crippen molar-refractivity contribution >= 4 is 29.1 Å². The summed E-state index contributed by atoms with van der Waals surface area (Å²) in [4.78, 5) is 67.8. The smallest absolute Gasteiger partial charge is 0.543 e. The molecule has 0 aromatic carbocycles. The fraction of sp³-hybridized carbons (Fsp3) is 0.115. The molecule has 5 rings (SSSR count). The maximum atomic E-state index is 11.7. The van der Waals surface area contributed by atoms with Crippen LogP contribution in [0.15, 0.2) is 89.1 Å². The molecule has 0 atom stereocenters. The van der Waals surface area contributed by atoms with E-state index in [4.69, 9.17) is 0 Å². The van der Waals surface area contributed by atoms with Crippen LogP contribution in [-0.2, 0) is 38.5 Å². The Bertz CT molecular complexity index is 1620. The topological polar surface area (TPSA) is 221 Å². The van der Waals surface area contributed by atoms with E-state index in [1.165, 1.54) is 54.7 Å². The molecule has 5 heterocycles. The largest absolute Gasteiger partial charge is 3.00 e. The van der Waals surface area contributed by atoms with Gasteiger partial charge in [0.15, 0.2) is 11.2 Å². The molecule has 5 aromatic heterocycles. The Morgan fingerprint density at radius 1 is 0.619 bits per heavy atom. The van der Waals surface area contributed by atoms with E-state index >= 15 is 0 Å². The van der Waals surface area contributed by atoms with E-state index in [2.05, 4.69) is 19.9 Å². The van der Waals surface area contributed by atoms with E-state index in [0.717, 1.165) is 4.57 Å². The second-order valence-electron chi connectivity index (χ2n) is 7.74. The molecule has 16 heteroatoms. The van der Waals surface area contributed by atoms with E-state index in [0.29, 0.717) is 11.2 Å². The molecule has 0 saturated heterocycles. The number of aromatic nitrogens is 7. The molecule has 0 amide bonds. The van der Waals surface area contributed by atoms with E-state index in [9.17, 15) is 39.3 Å². The van der Waals surface area contributed by atoms with Crippen molar-refractivity contribution in [3.8, 4) is 0 Å². The van der Waals surface area contributed by atoms with Crippen LogP contribution >= 0.6 is 0 Å². The van der Waals surface area contributed by atoms with Crippen LogP contribution in [0.25, 0.3) is 11.2 Å². The van der Waals surface area contributed by atoms with Crippen LogP contribution in [0.2, 0.25) is 0 Å². The molecule has 0 bridgehead atoms.